The number of carbonyl (C=O) groups excluding carboxylic acids is 3. The third-order valence-electron chi connectivity index (χ3n) is 14.6. The van der Waals surface area contributed by atoms with Gasteiger partial charge in [-0.25, -0.2) is 0 Å². The molecule has 0 aliphatic heterocycles. The van der Waals surface area contributed by atoms with Gasteiger partial charge in [0.2, 0.25) is 0 Å². The fraction of sp³-hybridized carbons (Fsp3) is 0.838. The largest absolute Gasteiger partial charge is 0.462 e. The van der Waals surface area contributed by atoms with Gasteiger partial charge in [0.1, 0.15) is 13.2 Å². The first-order valence-electron chi connectivity index (χ1n) is 32.6. The van der Waals surface area contributed by atoms with Crippen molar-refractivity contribution >= 4 is 17.9 Å². The summed E-state index contributed by atoms with van der Waals surface area (Å²) >= 11 is 0. The van der Waals surface area contributed by atoms with Crippen LogP contribution in [0.4, 0.5) is 0 Å². The van der Waals surface area contributed by atoms with Crippen LogP contribution in [0.5, 0.6) is 0 Å². The molecule has 0 spiro atoms. The van der Waals surface area contributed by atoms with Gasteiger partial charge in [-0.15, -0.1) is 0 Å². The van der Waals surface area contributed by atoms with Crippen LogP contribution in [0, 0.1) is 0 Å². The summed E-state index contributed by atoms with van der Waals surface area (Å²) in [7, 11) is 0. The molecule has 432 valence electrons. The normalized spacial score (nSPS) is 12.3. The van der Waals surface area contributed by atoms with Crippen molar-refractivity contribution in [3.63, 3.8) is 0 Å². The average Bonchev–Trinajstić information content (AvgIpc) is 3.40. The number of allylic oxidation sites excluding steroid dienone is 8. The second kappa shape index (κ2) is 62.9. The molecule has 0 bridgehead atoms. The number of ether oxygens (including phenoxy) is 3. The van der Waals surface area contributed by atoms with E-state index in [1.165, 1.54) is 212 Å². The minimum absolute atomic E-state index is 0.0749. The summed E-state index contributed by atoms with van der Waals surface area (Å²) < 4.78 is 16.9. The molecular formula is C68H124O6. The second-order valence-corrected chi connectivity index (χ2v) is 22.0. The molecule has 0 heterocycles. The van der Waals surface area contributed by atoms with Gasteiger partial charge in [-0.2, -0.15) is 0 Å². The zero-order valence-electron chi connectivity index (χ0n) is 49.6. The minimum atomic E-state index is -0.777. The summed E-state index contributed by atoms with van der Waals surface area (Å²) in [5.74, 6) is -0.875. The Kier molecular flexibility index (Phi) is 60.7. The lowest BCUT2D eigenvalue weighted by Gasteiger charge is -2.18. The predicted molar refractivity (Wildman–Crippen MR) is 321 cm³/mol. The van der Waals surface area contributed by atoms with Crippen LogP contribution in [-0.2, 0) is 28.6 Å². The first-order valence-corrected chi connectivity index (χ1v) is 32.6. The van der Waals surface area contributed by atoms with Crippen LogP contribution in [0.25, 0.3) is 0 Å². The first kappa shape index (κ1) is 71.4. The summed E-state index contributed by atoms with van der Waals surface area (Å²) in [4.78, 5) is 38.1. The summed E-state index contributed by atoms with van der Waals surface area (Å²) in [6, 6.07) is 0. The molecule has 6 heteroatoms. The van der Waals surface area contributed by atoms with Gasteiger partial charge in [0.15, 0.2) is 6.10 Å². The van der Waals surface area contributed by atoms with Crippen molar-refractivity contribution in [2.24, 2.45) is 0 Å². The van der Waals surface area contributed by atoms with Crippen molar-refractivity contribution in [3.05, 3.63) is 48.6 Å². The van der Waals surface area contributed by atoms with Crippen molar-refractivity contribution < 1.29 is 28.6 Å². The van der Waals surface area contributed by atoms with Gasteiger partial charge in [0, 0.05) is 19.3 Å². The predicted octanol–water partition coefficient (Wildman–Crippen LogP) is 22.2. The van der Waals surface area contributed by atoms with Crippen LogP contribution >= 0.6 is 0 Å². The molecule has 74 heavy (non-hydrogen) atoms. The molecule has 0 aromatic carbocycles. The van der Waals surface area contributed by atoms with Gasteiger partial charge in [-0.1, -0.05) is 320 Å². The van der Waals surface area contributed by atoms with Gasteiger partial charge in [-0.3, -0.25) is 14.4 Å². The summed E-state index contributed by atoms with van der Waals surface area (Å²) in [6.07, 6.45) is 78.7. The topological polar surface area (TPSA) is 78.9 Å². The molecule has 0 radical (unpaired) electrons. The third-order valence-corrected chi connectivity index (χ3v) is 14.6. The quantitative estimate of drug-likeness (QED) is 0.0261. The summed E-state index contributed by atoms with van der Waals surface area (Å²) in [6.45, 7) is 6.54. The Morgan fingerprint density at radius 2 is 0.527 bits per heavy atom. The number of unbranched alkanes of at least 4 members (excludes halogenated alkanes) is 41. The Morgan fingerprint density at radius 1 is 0.284 bits per heavy atom. The zero-order chi connectivity index (χ0) is 53.6. The van der Waals surface area contributed by atoms with Crippen molar-refractivity contribution in [3.8, 4) is 0 Å². The second-order valence-electron chi connectivity index (χ2n) is 22.0. The molecule has 0 saturated carbocycles. The van der Waals surface area contributed by atoms with Crippen molar-refractivity contribution in [2.75, 3.05) is 13.2 Å². The molecule has 0 aliphatic carbocycles. The Balaban J connectivity index is 4.08. The number of hydrogen-bond acceptors (Lipinski definition) is 6. The first-order chi connectivity index (χ1) is 36.5. The van der Waals surface area contributed by atoms with Gasteiger partial charge >= 0.3 is 17.9 Å². The smallest absolute Gasteiger partial charge is 0.306 e. The molecule has 0 saturated heterocycles. The minimum Gasteiger partial charge on any atom is -0.462 e. The summed E-state index contributed by atoms with van der Waals surface area (Å²) in [5.41, 5.74) is 0. The highest BCUT2D eigenvalue weighted by molar-refractivity contribution is 5.71. The van der Waals surface area contributed by atoms with Crippen molar-refractivity contribution in [2.45, 2.75) is 354 Å². The van der Waals surface area contributed by atoms with E-state index in [1.54, 1.807) is 0 Å². The maximum atomic E-state index is 12.9. The molecule has 0 amide bonds. The maximum absolute atomic E-state index is 12.9. The van der Waals surface area contributed by atoms with Gasteiger partial charge in [-0.05, 0) is 57.8 Å². The van der Waals surface area contributed by atoms with Gasteiger partial charge in [0.05, 0.1) is 0 Å². The highest BCUT2D eigenvalue weighted by Gasteiger charge is 2.19. The van der Waals surface area contributed by atoms with Crippen LogP contribution in [0.3, 0.4) is 0 Å². The van der Waals surface area contributed by atoms with Crippen LogP contribution in [-0.4, -0.2) is 37.2 Å². The highest BCUT2D eigenvalue weighted by atomic mass is 16.6. The molecule has 0 aliphatic rings. The molecule has 6 nitrogen and oxygen atoms in total. The van der Waals surface area contributed by atoms with Crippen LogP contribution in [0.1, 0.15) is 348 Å². The fourth-order valence-corrected chi connectivity index (χ4v) is 9.73. The molecule has 1 unspecified atom stereocenters. The monoisotopic (exact) mass is 1040 g/mol. The van der Waals surface area contributed by atoms with E-state index < -0.39 is 6.10 Å². The zero-order valence-corrected chi connectivity index (χ0v) is 49.6. The van der Waals surface area contributed by atoms with Gasteiger partial charge < -0.3 is 14.2 Å². The standard InChI is InChI=1S/C68H124O6/c1-4-7-10-13-16-19-21-23-25-27-29-30-31-32-33-34-35-36-37-38-40-41-43-45-47-49-52-55-58-61-67(70)73-64-65(63-72-66(69)60-57-54-51-18-15-12-9-6-3)74-68(71)62-59-56-53-50-48-46-44-42-39-28-26-24-22-20-17-14-11-8-5-2/h8,11,17,20,24,26,39,42,65H,4-7,9-10,12-16,18-19,21-23,25,27-38,40-41,43-64H2,1-3H3/b11-8-,20-17-,26-24-,42-39-. The molecule has 0 aromatic heterocycles. The van der Waals surface area contributed by atoms with Crippen molar-refractivity contribution in [1.82, 2.24) is 0 Å². The number of esters is 3. The Hall–Kier alpha value is -2.63. The van der Waals surface area contributed by atoms with E-state index in [-0.39, 0.29) is 31.1 Å². The molecule has 0 fully saturated rings. The lowest BCUT2D eigenvalue weighted by atomic mass is 10.0. The van der Waals surface area contributed by atoms with Crippen LogP contribution in [0.2, 0.25) is 0 Å². The number of hydrogen-bond donors (Lipinski definition) is 0. The lowest BCUT2D eigenvalue weighted by molar-refractivity contribution is -0.167. The van der Waals surface area contributed by atoms with Crippen LogP contribution in [0.15, 0.2) is 48.6 Å². The fourth-order valence-electron chi connectivity index (χ4n) is 9.73. The summed E-state index contributed by atoms with van der Waals surface area (Å²) in [5, 5.41) is 0. The van der Waals surface area contributed by atoms with Gasteiger partial charge in [0.25, 0.3) is 0 Å². The number of rotatable bonds is 60. The van der Waals surface area contributed by atoms with E-state index in [0.717, 1.165) is 96.3 Å². The molecule has 0 rings (SSSR count). The molecule has 0 N–H and O–H groups in total. The Morgan fingerprint density at radius 3 is 0.824 bits per heavy atom. The molecular weight excluding hydrogens is 913 g/mol. The lowest BCUT2D eigenvalue weighted by Crippen LogP contribution is -2.30. The van der Waals surface area contributed by atoms with E-state index >= 15 is 0 Å². The Labute approximate surface area is 460 Å². The average molecular weight is 1040 g/mol. The van der Waals surface area contributed by atoms with E-state index in [4.69, 9.17) is 14.2 Å². The maximum Gasteiger partial charge on any atom is 0.306 e. The Bertz CT molecular complexity index is 1280. The molecule has 1 atom stereocenters. The van der Waals surface area contributed by atoms with Crippen molar-refractivity contribution in [1.29, 1.82) is 0 Å². The van der Waals surface area contributed by atoms with E-state index in [0.29, 0.717) is 19.3 Å². The number of carbonyl (C=O) groups is 3. The SMILES string of the molecule is CC/C=C\C/C=C\C/C=C\C/C=C\CCCCCCCCC(=O)OC(COC(=O)CCCCCCCCCC)COC(=O)CCCCCCCCCCCCCCCCCCCCCCCCCCCCCCC. The highest BCUT2D eigenvalue weighted by Crippen LogP contribution is 2.18. The molecule has 0 aromatic rings. The third kappa shape index (κ3) is 60.2. The van der Waals surface area contributed by atoms with E-state index in [1.807, 2.05) is 0 Å². The van der Waals surface area contributed by atoms with Crippen LogP contribution < -0.4 is 0 Å². The van der Waals surface area contributed by atoms with E-state index in [2.05, 4.69) is 69.4 Å². The van der Waals surface area contributed by atoms with E-state index in [9.17, 15) is 14.4 Å².